The Morgan fingerprint density at radius 2 is 1.19 bits per heavy atom. The van der Waals surface area contributed by atoms with Crippen molar-refractivity contribution >= 4 is 11.8 Å². The van der Waals surface area contributed by atoms with Gasteiger partial charge in [-0.05, 0) is 13.8 Å². The lowest BCUT2D eigenvalue weighted by Gasteiger charge is -2.20. The van der Waals surface area contributed by atoms with Gasteiger partial charge in [0, 0.05) is 11.1 Å². The topological polar surface area (TPSA) is 98.7 Å². The van der Waals surface area contributed by atoms with E-state index in [0.29, 0.717) is 0 Å². The van der Waals surface area contributed by atoms with E-state index < -0.39 is 24.3 Å². The van der Waals surface area contributed by atoms with Gasteiger partial charge in [-0.25, -0.2) is 0 Å². The van der Waals surface area contributed by atoms with Crippen molar-refractivity contribution < 1.29 is 19.8 Å². The van der Waals surface area contributed by atoms with Gasteiger partial charge in [-0.15, -0.1) is 0 Å². The van der Waals surface area contributed by atoms with Gasteiger partial charge in [0.25, 0.3) is 0 Å². The van der Waals surface area contributed by atoms with Crippen molar-refractivity contribution in [3.63, 3.8) is 0 Å². The summed E-state index contributed by atoms with van der Waals surface area (Å²) in [6, 6.07) is 0. The maximum atomic E-state index is 11.1. The number of hydrogen-bond donors (Lipinski definition) is 4. The number of hydrogen-bond acceptors (Lipinski definition) is 4. The van der Waals surface area contributed by atoms with E-state index in [0.717, 1.165) is 0 Å². The number of aliphatic hydroxyl groups is 2. The number of carbonyl (C=O) groups excluding carboxylic acids is 2. The van der Waals surface area contributed by atoms with Gasteiger partial charge in [0.1, 0.15) is 0 Å². The lowest BCUT2D eigenvalue weighted by molar-refractivity contribution is -0.129. The molecule has 4 N–H and O–H groups in total. The average Bonchev–Trinajstić information content (AvgIpc) is 2.16. The first-order chi connectivity index (χ1) is 7.25. The average molecular weight is 228 g/mol. The van der Waals surface area contributed by atoms with Gasteiger partial charge in [-0.2, -0.15) is 0 Å². The Labute approximate surface area is 93.7 Å². The minimum absolute atomic E-state index is 0.178. The molecule has 0 aromatic rings. The molecule has 0 rings (SSSR count). The summed E-state index contributed by atoms with van der Waals surface area (Å²) in [6.45, 7) is 9.59. The molecule has 6 nitrogen and oxygen atoms in total. The molecule has 0 aliphatic rings. The molecule has 0 aliphatic heterocycles. The molecule has 0 fully saturated rings. The lowest BCUT2D eigenvalue weighted by atomic mass is 10.3. The Balaban J connectivity index is 4.24. The Bertz CT molecular complexity index is 293. The van der Waals surface area contributed by atoms with Gasteiger partial charge in [-0.1, -0.05) is 13.2 Å². The monoisotopic (exact) mass is 228 g/mol. The molecular weight excluding hydrogens is 212 g/mol. The van der Waals surface area contributed by atoms with Crippen LogP contribution in [0.3, 0.4) is 0 Å². The Hall–Kier alpha value is -1.66. The van der Waals surface area contributed by atoms with Crippen molar-refractivity contribution in [3.05, 3.63) is 24.3 Å². The van der Waals surface area contributed by atoms with E-state index in [9.17, 15) is 19.8 Å². The second-order valence-corrected chi connectivity index (χ2v) is 3.40. The number of amides is 2. The van der Waals surface area contributed by atoms with Crippen LogP contribution < -0.4 is 10.6 Å². The highest BCUT2D eigenvalue weighted by atomic mass is 16.4. The molecule has 6 heteroatoms. The van der Waals surface area contributed by atoms with Crippen molar-refractivity contribution in [2.45, 2.75) is 26.3 Å². The Morgan fingerprint density at radius 1 is 0.938 bits per heavy atom. The van der Waals surface area contributed by atoms with E-state index in [1.165, 1.54) is 13.8 Å². The molecule has 0 aromatic heterocycles. The molecule has 0 bridgehead atoms. The quantitative estimate of drug-likeness (QED) is 0.358. The largest absolute Gasteiger partial charge is 0.369 e. The Morgan fingerprint density at radius 3 is 1.38 bits per heavy atom. The van der Waals surface area contributed by atoms with E-state index in [1.807, 2.05) is 10.6 Å². The smallest absolute Gasteiger partial charge is 0.248 e. The highest BCUT2D eigenvalue weighted by Crippen LogP contribution is 1.93. The summed E-state index contributed by atoms with van der Waals surface area (Å²) in [6.07, 6.45) is -3.21. The van der Waals surface area contributed by atoms with Gasteiger partial charge in [0.15, 0.2) is 12.5 Å². The van der Waals surface area contributed by atoms with Crippen LogP contribution in [-0.2, 0) is 9.59 Å². The second kappa shape index (κ2) is 6.04. The molecule has 2 amide bonds. The lowest BCUT2D eigenvalue weighted by Crippen LogP contribution is -2.51. The van der Waals surface area contributed by atoms with Crippen LogP contribution in [0.25, 0.3) is 0 Å². The van der Waals surface area contributed by atoms with Crippen molar-refractivity contribution in [1.82, 2.24) is 10.6 Å². The van der Waals surface area contributed by atoms with Gasteiger partial charge < -0.3 is 20.8 Å². The summed E-state index contributed by atoms with van der Waals surface area (Å²) in [7, 11) is 0. The zero-order valence-electron chi connectivity index (χ0n) is 9.28. The van der Waals surface area contributed by atoms with E-state index in [4.69, 9.17) is 0 Å². The molecule has 0 aliphatic carbocycles. The fraction of sp³-hybridized carbons (Fsp3) is 0.400. The summed E-state index contributed by atoms with van der Waals surface area (Å²) in [5, 5.41) is 22.7. The molecule has 0 spiro atoms. The fourth-order valence-corrected chi connectivity index (χ4v) is 0.673. The van der Waals surface area contributed by atoms with Crippen LogP contribution in [0.1, 0.15) is 13.8 Å². The molecule has 0 saturated heterocycles. The zero-order valence-corrected chi connectivity index (χ0v) is 9.28. The highest BCUT2D eigenvalue weighted by molar-refractivity contribution is 5.93. The van der Waals surface area contributed by atoms with Crippen LogP contribution in [0.5, 0.6) is 0 Å². The van der Waals surface area contributed by atoms with Gasteiger partial charge >= 0.3 is 0 Å². The van der Waals surface area contributed by atoms with Crippen LogP contribution in [-0.4, -0.2) is 34.5 Å². The molecular formula is C10H16N2O4. The summed E-state index contributed by atoms with van der Waals surface area (Å²) in [4.78, 5) is 22.1. The van der Waals surface area contributed by atoms with Crippen molar-refractivity contribution in [3.8, 4) is 0 Å². The van der Waals surface area contributed by atoms with E-state index in [2.05, 4.69) is 13.2 Å². The third kappa shape index (κ3) is 4.72. The van der Waals surface area contributed by atoms with Crippen molar-refractivity contribution in [2.75, 3.05) is 0 Å². The number of aliphatic hydroxyl groups excluding tert-OH is 2. The van der Waals surface area contributed by atoms with E-state index in [-0.39, 0.29) is 11.1 Å². The number of rotatable bonds is 5. The first kappa shape index (κ1) is 14.3. The molecule has 16 heavy (non-hydrogen) atoms. The third-order valence-electron chi connectivity index (χ3n) is 1.63. The molecule has 2 unspecified atom stereocenters. The predicted molar refractivity (Wildman–Crippen MR) is 57.9 cm³/mol. The van der Waals surface area contributed by atoms with Crippen molar-refractivity contribution in [1.29, 1.82) is 0 Å². The molecule has 0 radical (unpaired) electrons. The minimum Gasteiger partial charge on any atom is -0.369 e. The summed E-state index contributed by atoms with van der Waals surface area (Å²) < 4.78 is 0. The van der Waals surface area contributed by atoms with Crippen LogP contribution >= 0.6 is 0 Å². The second-order valence-electron chi connectivity index (χ2n) is 3.40. The first-order valence-corrected chi connectivity index (χ1v) is 4.54. The normalized spacial score (nSPS) is 13.5. The predicted octanol–water partition coefficient (Wildman–Crippen LogP) is -0.992. The molecule has 90 valence electrons. The maximum Gasteiger partial charge on any atom is 0.248 e. The standard InChI is InChI=1S/C10H16N2O4/c1-5(2)7(13)11-9(15)10(16)12-8(14)6(3)4/h9-10,15-16H,1,3H2,2,4H3,(H,11,13)(H,12,14). The molecule has 0 aromatic carbocycles. The third-order valence-corrected chi connectivity index (χ3v) is 1.63. The van der Waals surface area contributed by atoms with Crippen LogP contribution in [0.4, 0.5) is 0 Å². The molecule has 2 atom stereocenters. The molecule has 0 saturated carbocycles. The van der Waals surface area contributed by atoms with E-state index in [1.54, 1.807) is 0 Å². The van der Waals surface area contributed by atoms with E-state index >= 15 is 0 Å². The Kier molecular flexibility index (Phi) is 5.41. The SMILES string of the molecule is C=C(C)C(=O)NC(O)C(O)NC(=O)C(=C)C. The molecule has 0 heterocycles. The van der Waals surface area contributed by atoms with Gasteiger partial charge in [0.05, 0.1) is 0 Å². The maximum absolute atomic E-state index is 11.1. The van der Waals surface area contributed by atoms with Crippen molar-refractivity contribution in [2.24, 2.45) is 0 Å². The van der Waals surface area contributed by atoms with Crippen LogP contribution in [0.15, 0.2) is 24.3 Å². The zero-order chi connectivity index (χ0) is 12.9. The van der Waals surface area contributed by atoms with Crippen LogP contribution in [0, 0.1) is 0 Å². The van der Waals surface area contributed by atoms with Gasteiger partial charge in [0.2, 0.25) is 11.8 Å². The summed E-state index contributed by atoms with van der Waals surface area (Å²) >= 11 is 0. The van der Waals surface area contributed by atoms with Gasteiger partial charge in [-0.3, -0.25) is 9.59 Å². The summed E-state index contributed by atoms with van der Waals surface area (Å²) in [5.41, 5.74) is 0.356. The first-order valence-electron chi connectivity index (χ1n) is 4.54. The summed E-state index contributed by atoms with van der Waals surface area (Å²) in [5.74, 6) is -1.23. The number of carbonyl (C=O) groups is 2. The van der Waals surface area contributed by atoms with Crippen LogP contribution in [0.2, 0.25) is 0 Å². The number of nitrogens with one attached hydrogen (secondary N) is 2. The highest BCUT2D eigenvalue weighted by Gasteiger charge is 2.20. The fourth-order valence-electron chi connectivity index (χ4n) is 0.673. The minimum atomic E-state index is -1.60.